The van der Waals surface area contributed by atoms with Crippen molar-refractivity contribution in [2.45, 2.75) is 26.4 Å². The number of rotatable bonds is 2. The smallest absolute Gasteiger partial charge is 0.413 e. The third-order valence-corrected chi connectivity index (χ3v) is 1.71. The Bertz CT molecular complexity index is 416. The molecule has 0 bridgehead atoms. The Hall–Kier alpha value is -1.85. The summed E-state index contributed by atoms with van der Waals surface area (Å²) in [7, 11) is 1.54. The van der Waals surface area contributed by atoms with E-state index in [-0.39, 0.29) is 11.6 Å². The van der Waals surface area contributed by atoms with E-state index in [1.807, 2.05) is 0 Å². The summed E-state index contributed by atoms with van der Waals surface area (Å²) in [5, 5.41) is 5.00. The molecule has 0 saturated carbocycles. The summed E-state index contributed by atoms with van der Waals surface area (Å²) in [4.78, 5) is 15.3. The van der Waals surface area contributed by atoms with E-state index in [4.69, 9.17) is 4.74 Å². The molecule has 0 radical (unpaired) electrons. The Morgan fingerprint density at radius 1 is 1.41 bits per heavy atom. The van der Waals surface area contributed by atoms with Crippen LogP contribution in [0.2, 0.25) is 0 Å². The Morgan fingerprint density at radius 2 is 2.06 bits per heavy atom. The molecule has 1 rings (SSSR count). The number of halogens is 1. The topological polar surface area (TPSA) is 63.2 Å². The number of hydrogen-bond acceptors (Lipinski definition) is 4. The molecule has 1 heterocycles. The summed E-state index contributed by atoms with van der Waals surface area (Å²) in [6, 6.07) is 2.58. The van der Waals surface area contributed by atoms with Gasteiger partial charge in [-0.15, -0.1) is 0 Å². The number of pyridine rings is 1. The van der Waals surface area contributed by atoms with Gasteiger partial charge in [0.15, 0.2) is 11.6 Å². The third-order valence-electron chi connectivity index (χ3n) is 1.71. The van der Waals surface area contributed by atoms with Crippen LogP contribution in [0.3, 0.4) is 0 Å². The largest absolute Gasteiger partial charge is 0.444 e. The van der Waals surface area contributed by atoms with E-state index in [9.17, 15) is 9.18 Å². The lowest BCUT2D eigenvalue weighted by Gasteiger charge is -2.19. The molecule has 0 aliphatic rings. The first kappa shape index (κ1) is 13.2. The highest BCUT2D eigenvalue weighted by molar-refractivity contribution is 5.83. The number of carbonyl (C=O) groups excluding carboxylic acids is 1. The first-order valence-electron chi connectivity index (χ1n) is 5.16. The number of nitrogens with one attached hydrogen (secondary N) is 2. The highest BCUT2D eigenvalue weighted by Gasteiger charge is 2.16. The first-order chi connectivity index (χ1) is 7.81. The van der Waals surface area contributed by atoms with Gasteiger partial charge in [0, 0.05) is 7.05 Å². The van der Waals surface area contributed by atoms with Crippen LogP contribution in [0.4, 0.5) is 20.8 Å². The van der Waals surface area contributed by atoms with E-state index in [2.05, 4.69) is 15.6 Å². The zero-order valence-electron chi connectivity index (χ0n) is 10.3. The monoisotopic (exact) mass is 241 g/mol. The molecule has 0 fully saturated rings. The molecule has 0 saturated heterocycles. The van der Waals surface area contributed by atoms with Crippen LogP contribution in [0.1, 0.15) is 20.8 Å². The predicted molar refractivity (Wildman–Crippen MR) is 63.6 cm³/mol. The summed E-state index contributed by atoms with van der Waals surface area (Å²) in [5.41, 5.74) is -0.587. The van der Waals surface area contributed by atoms with Gasteiger partial charge in [0.25, 0.3) is 0 Å². The van der Waals surface area contributed by atoms with Crippen LogP contribution in [0, 0.1) is 5.82 Å². The summed E-state index contributed by atoms with van der Waals surface area (Å²) in [6.07, 6.45) is -0.626. The normalized spacial score (nSPS) is 10.9. The van der Waals surface area contributed by atoms with Crippen molar-refractivity contribution in [3.05, 3.63) is 17.9 Å². The fourth-order valence-electron chi connectivity index (χ4n) is 1.10. The highest BCUT2D eigenvalue weighted by atomic mass is 19.1. The molecule has 1 aromatic rings. The molecule has 17 heavy (non-hydrogen) atoms. The maximum Gasteiger partial charge on any atom is 0.413 e. The Balaban J connectivity index is 2.72. The van der Waals surface area contributed by atoms with Gasteiger partial charge in [0.1, 0.15) is 11.4 Å². The van der Waals surface area contributed by atoms with Crippen LogP contribution in [0.25, 0.3) is 0 Å². The van der Waals surface area contributed by atoms with Crippen LogP contribution in [-0.4, -0.2) is 23.7 Å². The molecule has 1 amide bonds. The van der Waals surface area contributed by atoms with Gasteiger partial charge in [0.05, 0.1) is 0 Å². The van der Waals surface area contributed by atoms with Crippen molar-refractivity contribution in [3.8, 4) is 0 Å². The zero-order chi connectivity index (χ0) is 13.1. The van der Waals surface area contributed by atoms with Crippen LogP contribution >= 0.6 is 0 Å². The Labute approximate surface area is 99.4 Å². The average molecular weight is 241 g/mol. The lowest BCUT2D eigenvalue weighted by molar-refractivity contribution is 0.0635. The van der Waals surface area contributed by atoms with Crippen molar-refractivity contribution in [1.29, 1.82) is 0 Å². The standard InChI is InChI=1S/C11H16FN3O2/c1-11(2,3)17-10(16)15-8-6-5-7(12)9(13-4)14-8/h5-6H,1-4H3,(H2,13,14,15,16). The molecular formula is C11H16FN3O2. The van der Waals surface area contributed by atoms with Gasteiger partial charge < -0.3 is 10.1 Å². The number of amides is 1. The van der Waals surface area contributed by atoms with Gasteiger partial charge in [-0.1, -0.05) is 0 Å². The minimum atomic E-state index is -0.626. The van der Waals surface area contributed by atoms with Gasteiger partial charge in [-0.3, -0.25) is 5.32 Å². The van der Waals surface area contributed by atoms with Gasteiger partial charge in [-0.05, 0) is 32.9 Å². The number of aromatic nitrogens is 1. The second kappa shape index (κ2) is 4.99. The molecule has 0 aromatic carbocycles. The van der Waals surface area contributed by atoms with Gasteiger partial charge in [-0.25, -0.2) is 14.2 Å². The van der Waals surface area contributed by atoms with Crippen molar-refractivity contribution in [2.24, 2.45) is 0 Å². The molecule has 0 aliphatic carbocycles. The number of hydrogen-bond donors (Lipinski definition) is 2. The van der Waals surface area contributed by atoms with Crippen LogP contribution in [-0.2, 0) is 4.74 Å². The predicted octanol–water partition coefficient (Wildman–Crippen LogP) is 2.61. The van der Waals surface area contributed by atoms with Crippen molar-refractivity contribution >= 4 is 17.7 Å². The van der Waals surface area contributed by atoms with Gasteiger partial charge in [0.2, 0.25) is 0 Å². The molecule has 6 heteroatoms. The number of carbonyl (C=O) groups is 1. The maximum absolute atomic E-state index is 13.1. The number of nitrogens with zero attached hydrogens (tertiary/aromatic N) is 1. The molecule has 2 N–H and O–H groups in total. The van der Waals surface area contributed by atoms with Crippen molar-refractivity contribution in [3.63, 3.8) is 0 Å². The fraction of sp³-hybridized carbons (Fsp3) is 0.455. The van der Waals surface area contributed by atoms with E-state index >= 15 is 0 Å². The van der Waals surface area contributed by atoms with Crippen LogP contribution in [0.5, 0.6) is 0 Å². The molecule has 0 unspecified atom stereocenters. The summed E-state index contributed by atoms with van der Waals surface area (Å²) in [6.45, 7) is 5.26. The number of ether oxygens (including phenoxy) is 1. The zero-order valence-corrected chi connectivity index (χ0v) is 10.3. The summed E-state index contributed by atoms with van der Waals surface area (Å²) < 4.78 is 18.2. The lowest BCUT2D eigenvalue weighted by Crippen LogP contribution is -2.27. The van der Waals surface area contributed by atoms with Crippen molar-refractivity contribution < 1.29 is 13.9 Å². The Kier molecular flexibility index (Phi) is 3.88. The van der Waals surface area contributed by atoms with E-state index in [1.54, 1.807) is 27.8 Å². The first-order valence-corrected chi connectivity index (χ1v) is 5.16. The van der Waals surface area contributed by atoms with E-state index in [0.29, 0.717) is 0 Å². The van der Waals surface area contributed by atoms with E-state index in [0.717, 1.165) is 0 Å². The molecule has 94 valence electrons. The second-order valence-corrected chi connectivity index (χ2v) is 4.40. The summed E-state index contributed by atoms with van der Waals surface area (Å²) >= 11 is 0. The molecular weight excluding hydrogens is 225 g/mol. The highest BCUT2D eigenvalue weighted by Crippen LogP contribution is 2.15. The van der Waals surface area contributed by atoms with Crippen molar-refractivity contribution in [2.75, 3.05) is 17.7 Å². The van der Waals surface area contributed by atoms with Crippen LogP contribution < -0.4 is 10.6 Å². The molecule has 0 spiro atoms. The maximum atomic E-state index is 13.1. The SMILES string of the molecule is CNc1nc(NC(=O)OC(C)(C)C)ccc1F. The van der Waals surface area contributed by atoms with E-state index < -0.39 is 17.5 Å². The summed E-state index contributed by atoms with van der Waals surface area (Å²) in [5.74, 6) is -0.189. The van der Waals surface area contributed by atoms with Crippen molar-refractivity contribution in [1.82, 2.24) is 4.98 Å². The molecule has 1 aromatic heterocycles. The molecule has 0 aliphatic heterocycles. The fourth-order valence-corrected chi connectivity index (χ4v) is 1.10. The quantitative estimate of drug-likeness (QED) is 0.835. The minimum Gasteiger partial charge on any atom is -0.444 e. The molecule has 0 atom stereocenters. The van der Waals surface area contributed by atoms with Gasteiger partial charge in [-0.2, -0.15) is 0 Å². The second-order valence-electron chi connectivity index (χ2n) is 4.40. The van der Waals surface area contributed by atoms with E-state index in [1.165, 1.54) is 12.1 Å². The Morgan fingerprint density at radius 3 is 2.59 bits per heavy atom. The minimum absolute atomic E-state index is 0.0681. The van der Waals surface area contributed by atoms with Gasteiger partial charge >= 0.3 is 6.09 Å². The lowest BCUT2D eigenvalue weighted by atomic mass is 10.2. The molecule has 5 nitrogen and oxygen atoms in total. The third kappa shape index (κ3) is 4.26. The number of anilines is 2. The van der Waals surface area contributed by atoms with Crippen LogP contribution in [0.15, 0.2) is 12.1 Å². The average Bonchev–Trinajstić information content (AvgIpc) is 2.18.